The van der Waals surface area contributed by atoms with Crippen LogP contribution in [0.5, 0.6) is 0 Å². The van der Waals surface area contributed by atoms with E-state index in [-0.39, 0.29) is 11.2 Å². The van der Waals surface area contributed by atoms with Crippen LogP contribution < -0.4 is 0 Å². The van der Waals surface area contributed by atoms with Gasteiger partial charge < -0.3 is 0 Å². The number of rotatable bonds is 4. The predicted octanol–water partition coefficient (Wildman–Crippen LogP) is 5.81. The zero-order valence-electron chi connectivity index (χ0n) is 10.6. The van der Waals surface area contributed by atoms with Gasteiger partial charge in [-0.05, 0) is 39.8 Å². The van der Waals surface area contributed by atoms with Gasteiger partial charge in [-0.15, -0.1) is 11.3 Å². The van der Waals surface area contributed by atoms with Crippen LogP contribution in [0.1, 0.15) is 50.2 Å². The van der Waals surface area contributed by atoms with E-state index in [1.807, 2.05) is 0 Å². The molecule has 96 valence electrons. The molecule has 0 amide bonds. The molecular weight excluding hydrogens is 320 g/mol. The summed E-state index contributed by atoms with van der Waals surface area (Å²) in [5.41, 5.74) is 0.271. The molecule has 0 bridgehead atoms. The fraction of sp³-hybridized carbons (Fsp3) is 0.615. The summed E-state index contributed by atoms with van der Waals surface area (Å²) in [5, 5.41) is 0.627. The largest absolute Gasteiger partial charge is 0.293 e. The van der Waals surface area contributed by atoms with Crippen molar-refractivity contribution in [2.75, 3.05) is 0 Å². The lowest BCUT2D eigenvalue weighted by Gasteiger charge is -2.22. The van der Waals surface area contributed by atoms with Crippen LogP contribution in [-0.2, 0) is 0 Å². The van der Waals surface area contributed by atoms with E-state index in [1.165, 1.54) is 11.3 Å². The van der Waals surface area contributed by atoms with Crippen molar-refractivity contribution in [1.29, 1.82) is 0 Å². The third-order valence-electron chi connectivity index (χ3n) is 2.41. The third-order valence-corrected chi connectivity index (χ3v) is 4.93. The van der Waals surface area contributed by atoms with Crippen molar-refractivity contribution < 1.29 is 4.79 Å². The second-order valence-electron chi connectivity index (χ2n) is 5.73. The highest BCUT2D eigenvalue weighted by molar-refractivity contribution is 9.11. The zero-order valence-corrected chi connectivity index (χ0v) is 13.8. The van der Waals surface area contributed by atoms with Crippen molar-refractivity contribution in [2.24, 2.45) is 11.3 Å². The summed E-state index contributed by atoms with van der Waals surface area (Å²) in [6.07, 6.45) is 1.65. The molecule has 1 aromatic rings. The van der Waals surface area contributed by atoms with Gasteiger partial charge in [-0.25, -0.2) is 0 Å². The van der Waals surface area contributed by atoms with Gasteiger partial charge in [0, 0.05) is 6.42 Å². The fourth-order valence-electron chi connectivity index (χ4n) is 2.02. The molecule has 1 aromatic heterocycles. The van der Waals surface area contributed by atoms with Gasteiger partial charge in [-0.1, -0.05) is 39.3 Å². The van der Waals surface area contributed by atoms with Crippen LogP contribution in [0.2, 0.25) is 5.02 Å². The summed E-state index contributed by atoms with van der Waals surface area (Å²) >= 11 is 10.7. The van der Waals surface area contributed by atoms with E-state index in [0.29, 0.717) is 17.4 Å². The summed E-state index contributed by atoms with van der Waals surface area (Å²) in [6.45, 7) is 8.74. The molecule has 0 spiro atoms. The quantitative estimate of drug-likeness (QED) is 0.634. The molecule has 0 aromatic carbocycles. The van der Waals surface area contributed by atoms with E-state index >= 15 is 0 Å². The van der Waals surface area contributed by atoms with Crippen LogP contribution in [0.15, 0.2) is 9.85 Å². The number of ketones is 1. The van der Waals surface area contributed by atoms with Crippen LogP contribution in [0.25, 0.3) is 0 Å². The second kappa shape index (κ2) is 5.85. The van der Waals surface area contributed by atoms with Crippen LogP contribution in [0.4, 0.5) is 0 Å². The Bertz CT molecular complexity index is 387. The molecule has 1 atom stereocenters. The minimum Gasteiger partial charge on any atom is -0.293 e. The van der Waals surface area contributed by atoms with Crippen molar-refractivity contribution in [3.8, 4) is 0 Å². The molecule has 0 aliphatic heterocycles. The summed E-state index contributed by atoms with van der Waals surface area (Å²) in [5.74, 6) is 0.599. The molecule has 0 saturated carbocycles. The molecule has 0 aliphatic carbocycles. The van der Waals surface area contributed by atoms with Gasteiger partial charge in [-0.2, -0.15) is 0 Å². The highest BCUT2D eigenvalue weighted by Gasteiger charge is 2.20. The molecule has 0 radical (unpaired) electrons. The Balaban J connectivity index is 2.61. The maximum Gasteiger partial charge on any atom is 0.173 e. The minimum atomic E-state index is 0.194. The standard InChI is InChI=1S/C13H18BrClOS/c1-8(7-13(2,3)4)5-10(16)11-6-9(15)12(14)17-11/h6,8H,5,7H2,1-4H3. The van der Waals surface area contributed by atoms with Crippen molar-refractivity contribution in [2.45, 2.75) is 40.5 Å². The summed E-state index contributed by atoms with van der Waals surface area (Å²) in [6, 6.07) is 1.75. The average Bonchev–Trinajstić information content (AvgIpc) is 2.43. The molecule has 4 heteroatoms. The lowest BCUT2D eigenvalue weighted by atomic mass is 9.83. The third kappa shape index (κ3) is 5.11. The van der Waals surface area contributed by atoms with Crippen molar-refractivity contribution in [3.63, 3.8) is 0 Å². The molecular formula is C13H18BrClOS. The highest BCUT2D eigenvalue weighted by atomic mass is 79.9. The fourth-order valence-corrected chi connectivity index (χ4v) is 3.67. The first-order chi connectivity index (χ1) is 7.69. The Labute approximate surface area is 121 Å². The maximum absolute atomic E-state index is 12.0. The molecule has 0 aliphatic rings. The van der Waals surface area contributed by atoms with Gasteiger partial charge in [0.2, 0.25) is 0 Å². The van der Waals surface area contributed by atoms with Crippen molar-refractivity contribution in [1.82, 2.24) is 0 Å². The molecule has 1 heterocycles. The van der Waals surface area contributed by atoms with E-state index in [0.717, 1.165) is 15.1 Å². The Kier molecular flexibility index (Phi) is 5.23. The summed E-state index contributed by atoms with van der Waals surface area (Å²) in [7, 11) is 0. The number of hydrogen-bond donors (Lipinski definition) is 0. The highest BCUT2D eigenvalue weighted by Crippen LogP contribution is 2.34. The van der Waals surface area contributed by atoms with E-state index in [4.69, 9.17) is 11.6 Å². The molecule has 0 saturated heterocycles. The molecule has 1 rings (SSSR count). The van der Waals surface area contributed by atoms with Crippen LogP contribution >= 0.6 is 38.9 Å². The van der Waals surface area contributed by atoms with Crippen LogP contribution in [0.3, 0.4) is 0 Å². The van der Waals surface area contributed by atoms with Crippen molar-refractivity contribution in [3.05, 3.63) is 19.8 Å². The lowest BCUT2D eigenvalue weighted by molar-refractivity contribution is 0.0958. The van der Waals surface area contributed by atoms with E-state index in [1.54, 1.807) is 6.07 Å². The van der Waals surface area contributed by atoms with E-state index in [9.17, 15) is 4.79 Å². The summed E-state index contributed by atoms with van der Waals surface area (Å²) < 4.78 is 0.839. The molecule has 17 heavy (non-hydrogen) atoms. The second-order valence-corrected chi connectivity index (χ2v) is 8.51. The van der Waals surface area contributed by atoms with Crippen LogP contribution in [0, 0.1) is 11.3 Å². The van der Waals surface area contributed by atoms with E-state index in [2.05, 4.69) is 43.6 Å². The number of thiophene rings is 1. The lowest BCUT2D eigenvalue weighted by Crippen LogP contribution is -2.14. The molecule has 1 unspecified atom stereocenters. The first-order valence-electron chi connectivity index (χ1n) is 5.67. The number of hydrogen-bond acceptors (Lipinski definition) is 2. The van der Waals surface area contributed by atoms with Gasteiger partial charge in [0.1, 0.15) is 0 Å². The van der Waals surface area contributed by atoms with Gasteiger partial charge in [0.05, 0.1) is 13.7 Å². The topological polar surface area (TPSA) is 17.1 Å². The van der Waals surface area contributed by atoms with Crippen molar-refractivity contribution >= 4 is 44.7 Å². The zero-order chi connectivity index (χ0) is 13.2. The average molecular weight is 338 g/mol. The number of halogens is 2. The number of carbonyl (C=O) groups is 1. The first kappa shape index (κ1) is 15.2. The maximum atomic E-state index is 12.0. The van der Waals surface area contributed by atoms with Gasteiger partial charge >= 0.3 is 0 Å². The monoisotopic (exact) mass is 336 g/mol. The number of Topliss-reactive ketones (excluding diaryl/α,β-unsaturated/α-hetero) is 1. The van der Waals surface area contributed by atoms with Gasteiger partial charge in [-0.3, -0.25) is 4.79 Å². The normalized spacial score (nSPS) is 13.8. The molecule has 1 nitrogen and oxygen atoms in total. The summed E-state index contributed by atoms with van der Waals surface area (Å²) in [4.78, 5) is 12.8. The Morgan fingerprint density at radius 3 is 2.53 bits per heavy atom. The first-order valence-corrected chi connectivity index (χ1v) is 7.66. The van der Waals surface area contributed by atoms with Crippen LogP contribution in [-0.4, -0.2) is 5.78 Å². The Hall–Kier alpha value is 0.140. The predicted molar refractivity (Wildman–Crippen MR) is 79.2 cm³/mol. The Morgan fingerprint density at radius 1 is 1.53 bits per heavy atom. The Morgan fingerprint density at radius 2 is 2.12 bits per heavy atom. The van der Waals surface area contributed by atoms with Gasteiger partial charge in [0.25, 0.3) is 0 Å². The molecule has 0 N–H and O–H groups in total. The number of carbonyl (C=O) groups excluding carboxylic acids is 1. The smallest absolute Gasteiger partial charge is 0.173 e. The van der Waals surface area contributed by atoms with E-state index < -0.39 is 0 Å². The SMILES string of the molecule is CC(CC(=O)c1cc(Cl)c(Br)s1)CC(C)(C)C. The molecule has 0 fully saturated rings. The van der Waals surface area contributed by atoms with Gasteiger partial charge in [0.15, 0.2) is 5.78 Å². The minimum absolute atomic E-state index is 0.194.